The zero-order chi connectivity index (χ0) is 17.7. The fourth-order valence-electron chi connectivity index (χ4n) is 4.54. The molecule has 2 N–H and O–H groups in total. The summed E-state index contributed by atoms with van der Waals surface area (Å²) < 4.78 is 5.92. The number of nitrogens with zero attached hydrogens (tertiary/aromatic N) is 1. The monoisotopic (exact) mass is 365 g/mol. The number of carbonyl (C=O) groups excluding carboxylic acids is 1. The average Bonchev–Trinajstić information content (AvgIpc) is 3.02. The van der Waals surface area contributed by atoms with Gasteiger partial charge in [-0.05, 0) is 62.0 Å². The third-order valence-electron chi connectivity index (χ3n) is 6.21. The smallest absolute Gasteiger partial charge is 0.264 e. The number of thiophene rings is 1. The van der Waals surface area contributed by atoms with Crippen LogP contribution in [0, 0.1) is 0 Å². The van der Waals surface area contributed by atoms with Gasteiger partial charge in [-0.2, -0.15) is 0 Å². The molecule has 0 radical (unpaired) electrons. The Morgan fingerprint density at radius 3 is 2.76 bits per heavy atom. The predicted octanol–water partition coefficient (Wildman–Crippen LogP) is 2.13. The van der Waals surface area contributed by atoms with Crippen molar-refractivity contribution in [1.82, 2.24) is 4.90 Å². The molecule has 4 rings (SSSR count). The van der Waals surface area contributed by atoms with E-state index in [1.54, 1.807) is 18.3 Å². The molecule has 2 fully saturated rings. The highest BCUT2D eigenvalue weighted by Crippen LogP contribution is 2.40. The molecule has 2 saturated heterocycles. The molecule has 0 saturated carbocycles. The Morgan fingerprint density at radius 1 is 1.32 bits per heavy atom. The average molecular weight is 365 g/mol. The van der Waals surface area contributed by atoms with Crippen molar-refractivity contribution in [1.29, 1.82) is 0 Å². The molecule has 25 heavy (non-hydrogen) atoms. The second kappa shape index (κ2) is 6.34. The van der Waals surface area contributed by atoms with Crippen molar-refractivity contribution in [3.8, 4) is 0 Å². The van der Waals surface area contributed by atoms with Gasteiger partial charge in [0.15, 0.2) is 0 Å². The lowest BCUT2D eigenvalue weighted by Gasteiger charge is -2.49. The van der Waals surface area contributed by atoms with E-state index >= 15 is 0 Å². The number of amides is 1. The summed E-state index contributed by atoms with van der Waals surface area (Å²) in [4.78, 5) is 15.9. The SMILES string of the molecule is C[C@]1(O)CC2(CCN(C(=O)c3scc4c3CCCC4)CC2)OC[C@@H]1O. The summed E-state index contributed by atoms with van der Waals surface area (Å²) in [6, 6.07) is 0. The Kier molecular flexibility index (Phi) is 4.43. The normalized spacial score (nSPS) is 31.8. The number of piperidine rings is 1. The van der Waals surface area contributed by atoms with E-state index in [0.717, 1.165) is 30.6 Å². The largest absolute Gasteiger partial charge is 0.388 e. The molecule has 3 heterocycles. The van der Waals surface area contributed by atoms with E-state index in [1.807, 2.05) is 4.90 Å². The van der Waals surface area contributed by atoms with E-state index in [9.17, 15) is 15.0 Å². The number of hydrogen-bond donors (Lipinski definition) is 2. The minimum Gasteiger partial charge on any atom is -0.388 e. The maximum atomic E-state index is 13.0. The standard InChI is InChI=1S/C19H27NO4S/c1-18(23)12-19(24-10-15(18)21)6-8-20(9-7-19)17(22)16-14-5-3-2-4-13(14)11-25-16/h11,15,21,23H,2-10,12H2,1H3/t15-,18-/m0/s1. The summed E-state index contributed by atoms with van der Waals surface area (Å²) in [5.74, 6) is 0.158. The lowest BCUT2D eigenvalue weighted by molar-refractivity contribution is -0.221. The minimum atomic E-state index is -1.11. The van der Waals surface area contributed by atoms with E-state index < -0.39 is 17.3 Å². The lowest BCUT2D eigenvalue weighted by atomic mass is 9.76. The summed E-state index contributed by atoms with van der Waals surface area (Å²) in [6.07, 6.45) is 5.57. The van der Waals surface area contributed by atoms with E-state index in [1.165, 1.54) is 24.0 Å². The van der Waals surface area contributed by atoms with Crippen LogP contribution in [0.25, 0.3) is 0 Å². The maximum absolute atomic E-state index is 13.0. The van der Waals surface area contributed by atoms with Crippen molar-refractivity contribution >= 4 is 17.2 Å². The Hall–Kier alpha value is -0.950. The van der Waals surface area contributed by atoms with Crippen molar-refractivity contribution in [3.05, 3.63) is 21.4 Å². The number of ether oxygens (including phenoxy) is 1. The van der Waals surface area contributed by atoms with Crippen LogP contribution in [0.5, 0.6) is 0 Å². The number of aryl methyl sites for hydroxylation is 1. The number of likely N-dealkylation sites (tertiary alicyclic amines) is 1. The molecule has 1 aliphatic carbocycles. The Balaban J connectivity index is 1.44. The number of fused-ring (bicyclic) bond motifs is 1. The summed E-state index contributed by atoms with van der Waals surface area (Å²) in [5, 5.41) is 22.5. The van der Waals surface area contributed by atoms with E-state index in [2.05, 4.69) is 5.38 Å². The van der Waals surface area contributed by atoms with E-state index in [0.29, 0.717) is 19.5 Å². The molecule has 5 nitrogen and oxygen atoms in total. The Bertz CT molecular complexity index is 660. The highest BCUT2D eigenvalue weighted by Gasteiger charge is 2.49. The van der Waals surface area contributed by atoms with Gasteiger partial charge < -0.3 is 19.8 Å². The van der Waals surface area contributed by atoms with Gasteiger partial charge in [-0.3, -0.25) is 4.79 Å². The van der Waals surface area contributed by atoms with Gasteiger partial charge in [0.25, 0.3) is 5.91 Å². The third kappa shape index (κ3) is 3.14. The summed E-state index contributed by atoms with van der Waals surface area (Å²) in [5.41, 5.74) is 1.13. The van der Waals surface area contributed by atoms with Crippen LogP contribution in [-0.2, 0) is 17.6 Å². The predicted molar refractivity (Wildman–Crippen MR) is 96.0 cm³/mol. The molecule has 138 valence electrons. The zero-order valence-electron chi connectivity index (χ0n) is 14.8. The molecule has 1 amide bonds. The first-order valence-corrected chi connectivity index (χ1v) is 10.2. The first-order chi connectivity index (χ1) is 11.9. The van der Waals surface area contributed by atoms with Crippen LogP contribution in [0.15, 0.2) is 5.38 Å². The van der Waals surface area contributed by atoms with Gasteiger partial charge in [0.1, 0.15) is 6.10 Å². The molecule has 1 aromatic heterocycles. The fourth-order valence-corrected chi connectivity index (χ4v) is 5.66. The molecule has 1 spiro atoms. The molecule has 2 aliphatic heterocycles. The van der Waals surface area contributed by atoms with Gasteiger partial charge in [-0.1, -0.05) is 0 Å². The molecule has 0 aromatic carbocycles. The van der Waals surface area contributed by atoms with Crippen molar-refractivity contribution < 1.29 is 19.7 Å². The number of rotatable bonds is 1. The van der Waals surface area contributed by atoms with E-state index in [-0.39, 0.29) is 12.5 Å². The second-order valence-electron chi connectivity index (χ2n) is 8.11. The second-order valence-corrected chi connectivity index (χ2v) is 8.99. The Labute approximate surface area is 152 Å². The number of carbonyl (C=O) groups is 1. The molecule has 1 aromatic rings. The topological polar surface area (TPSA) is 70.0 Å². The third-order valence-corrected chi connectivity index (χ3v) is 7.26. The highest BCUT2D eigenvalue weighted by atomic mass is 32.1. The molecular weight excluding hydrogens is 338 g/mol. The molecule has 6 heteroatoms. The highest BCUT2D eigenvalue weighted by molar-refractivity contribution is 7.12. The molecule has 0 unspecified atom stereocenters. The fraction of sp³-hybridized carbons (Fsp3) is 0.737. The van der Waals surface area contributed by atoms with Crippen LogP contribution < -0.4 is 0 Å². The quantitative estimate of drug-likeness (QED) is 0.800. The first-order valence-electron chi connectivity index (χ1n) is 9.33. The zero-order valence-corrected chi connectivity index (χ0v) is 15.6. The molecule has 0 bridgehead atoms. The summed E-state index contributed by atoms with van der Waals surface area (Å²) in [6.45, 7) is 3.14. The van der Waals surface area contributed by atoms with Crippen LogP contribution in [0.2, 0.25) is 0 Å². The van der Waals surface area contributed by atoms with E-state index in [4.69, 9.17) is 4.74 Å². The molecule has 3 aliphatic rings. The van der Waals surface area contributed by atoms with Crippen molar-refractivity contribution in [2.24, 2.45) is 0 Å². The van der Waals surface area contributed by atoms with Crippen LogP contribution in [-0.4, -0.2) is 58.0 Å². The van der Waals surface area contributed by atoms with Gasteiger partial charge in [-0.15, -0.1) is 11.3 Å². The van der Waals surface area contributed by atoms with Crippen molar-refractivity contribution in [3.63, 3.8) is 0 Å². The van der Waals surface area contributed by atoms with Gasteiger partial charge in [0, 0.05) is 19.5 Å². The van der Waals surface area contributed by atoms with Gasteiger partial charge in [-0.25, -0.2) is 0 Å². The summed E-state index contributed by atoms with van der Waals surface area (Å²) in [7, 11) is 0. The van der Waals surface area contributed by atoms with Crippen molar-refractivity contribution in [2.45, 2.75) is 69.2 Å². The number of hydrogen-bond acceptors (Lipinski definition) is 5. The minimum absolute atomic E-state index is 0.158. The Morgan fingerprint density at radius 2 is 2.04 bits per heavy atom. The number of aliphatic hydroxyl groups excluding tert-OH is 1. The first kappa shape index (κ1) is 17.5. The lowest BCUT2D eigenvalue weighted by Crippen LogP contribution is -2.59. The maximum Gasteiger partial charge on any atom is 0.264 e. The molecular formula is C19H27NO4S. The number of aliphatic hydroxyl groups is 2. The van der Waals surface area contributed by atoms with Gasteiger partial charge >= 0.3 is 0 Å². The van der Waals surface area contributed by atoms with Gasteiger partial charge in [0.05, 0.1) is 22.7 Å². The van der Waals surface area contributed by atoms with Crippen LogP contribution in [0.4, 0.5) is 0 Å². The van der Waals surface area contributed by atoms with Gasteiger partial charge in [0.2, 0.25) is 0 Å². The van der Waals surface area contributed by atoms with Crippen LogP contribution in [0.1, 0.15) is 59.8 Å². The summed E-state index contributed by atoms with van der Waals surface area (Å²) >= 11 is 1.60. The van der Waals surface area contributed by atoms with Crippen LogP contribution >= 0.6 is 11.3 Å². The van der Waals surface area contributed by atoms with Crippen molar-refractivity contribution in [2.75, 3.05) is 19.7 Å². The molecule has 2 atom stereocenters. The van der Waals surface area contributed by atoms with Crippen LogP contribution in [0.3, 0.4) is 0 Å².